The molecular weight excluding hydrogens is 149 g/mol. The molecule has 0 bridgehead atoms. The van der Waals surface area contributed by atoms with Crippen molar-refractivity contribution in [2.45, 2.75) is 5.85 Å². The Hall–Kier alpha value is -0.710. The molecule has 0 aliphatic rings. The third kappa shape index (κ3) is 2.36. The van der Waals surface area contributed by atoms with Crippen LogP contribution in [0, 0.1) is 0 Å². The van der Waals surface area contributed by atoms with Gasteiger partial charge in [0, 0.05) is 0 Å². The second-order valence-corrected chi connectivity index (χ2v) is 2.19. The van der Waals surface area contributed by atoms with Gasteiger partial charge >= 0.3 is 7.68 Å². The van der Waals surface area contributed by atoms with Gasteiger partial charge < -0.3 is 5.11 Å². The quantitative estimate of drug-likeness (QED) is 0.267. The largest absolute Gasteiger partial charge is 0.370 e. The molecule has 1 amide bonds. The molecule has 9 heavy (non-hydrogen) atoms. The standard InChI is InChI=1S/C2H4NO5P/c4-1(3-6)2(5)9(7)8/h2,5-6H,(H,3,4). The maximum absolute atomic E-state index is 9.96. The molecule has 0 aliphatic heterocycles. The fourth-order valence-corrected chi connectivity index (χ4v) is 0.403. The Morgan fingerprint density at radius 1 is 1.56 bits per heavy atom. The molecule has 6 nitrogen and oxygen atoms in total. The topological polar surface area (TPSA) is 104 Å². The summed E-state index contributed by atoms with van der Waals surface area (Å²) in [4.78, 5) is 9.96. The summed E-state index contributed by atoms with van der Waals surface area (Å²) >= 11 is 0. The lowest BCUT2D eigenvalue weighted by Gasteiger charge is -1.94. The van der Waals surface area contributed by atoms with Crippen LogP contribution >= 0.6 is 7.68 Å². The second kappa shape index (κ2) is 3.34. The highest BCUT2D eigenvalue weighted by atomic mass is 31.1. The molecule has 0 aromatic rings. The van der Waals surface area contributed by atoms with E-state index in [0.717, 1.165) is 5.48 Å². The van der Waals surface area contributed by atoms with E-state index in [1.165, 1.54) is 0 Å². The maximum atomic E-state index is 9.96. The number of hydrogen-bond acceptors (Lipinski definition) is 5. The van der Waals surface area contributed by atoms with Crippen molar-refractivity contribution in [1.82, 2.24) is 5.48 Å². The molecule has 0 heterocycles. The zero-order chi connectivity index (χ0) is 7.44. The van der Waals surface area contributed by atoms with Crippen molar-refractivity contribution >= 4 is 13.6 Å². The van der Waals surface area contributed by atoms with E-state index in [9.17, 15) is 13.9 Å². The van der Waals surface area contributed by atoms with E-state index in [1.807, 2.05) is 0 Å². The van der Waals surface area contributed by atoms with Crippen molar-refractivity contribution in [3.8, 4) is 0 Å². The number of amides is 1. The summed E-state index contributed by atoms with van der Waals surface area (Å²) in [5.41, 5.74) is 0.973. The Bertz CT molecular complexity index is 166. The number of carbonyl (C=O) groups excluding carboxylic acids is 1. The van der Waals surface area contributed by atoms with Crippen molar-refractivity contribution in [3.05, 3.63) is 0 Å². The Kier molecular flexibility index (Phi) is 3.08. The van der Waals surface area contributed by atoms with Gasteiger partial charge in [-0.1, -0.05) is 0 Å². The van der Waals surface area contributed by atoms with Crippen molar-refractivity contribution in [2.75, 3.05) is 0 Å². The Labute approximate surface area is 50.3 Å². The van der Waals surface area contributed by atoms with Crippen LogP contribution in [0.5, 0.6) is 0 Å². The maximum Gasteiger partial charge on any atom is 0.354 e. The van der Waals surface area contributed by atoms with Gasteiger partial charge in [0.15, 0.2) is 0 Å². The van der Waals surface area contributed by atoms with Crippen molar-refractivity contribution in [3.63, 3.8) is 0 Å². The molecule has 0 radical (unpaired) electrons. The van der Waals surface area contributed by atoms with Gasteiger partial charge in [-0.2, -0.15) is 0 Å². The number of carbonyl (C=O) groups is 1. The molecule has 0 fully saturated rings. The molecule has 0 saturated carbocycles. The lowest BCUT2D eigenvalue weighted by molar-refractivity contribution is -0.134. The normalized spacial score (nSPS) is 12.2. The molecule has 0 aromatic carbocycles. The van der Waals surface area contributed by atoms with Crippen molar-refractivity contribution in [2.24, 2.45) is 0 Å². The van der Waals surface area contributed by atoms with Crippen LogP contribution in [-0.2, 0) is 13.9 Å². The summed E-state index contributed by atoms with van der Waals surface area (Å²) in [6.07, 6.45) is 0. The van der Waals surface area contributed by atoms with Gasteiger partial charge in [-0.3, -0.25) is 10.0 Å². The van der Waals surface area contributed by atoms with E-state index in [0.29, 0.717) is 0 Å². The first kappa shape index (κ1) is 8.29. The van der Waals surface area contributed by atoms with Gasteiger partial charge in [-0.25, -0.2) is 14.6 Å². The summed E-state index contributed by atoms with van der Waals surface area (Å²) in [5, 5.41) is 16.0. The van der Waals surface area contributed by atoms with E-state index in [1.54, 1.807) is 0 Å². The highest BCUT2D eigenvalue weighted by Gasteiger charge is 2.19. The minimum Gasteiger partial charge on any atom is -0.370 e. The third-order valence-electron chi connectivity index (χ3n) is 0.544. The summed E-state index contributed by atoms with van der Waals surface area (Å²) in [5.74, 6) is -3.52. The molecule has 52 valence electrons. The average Bonchev–Trinajstić information content (AvgIpc) is 1.84. The monoisotopic (exact) mass is 153 g/mol. The van der Waals surface area contributed by atoms with Gasteiger partial charge in [-0.05, 0) is 0 Å². The Morgan fingerprint density at radius 2 is 2.00 bits per heavy atom. The minimum atomic E-state index is -3.22. The van der Waals surface area contributed by atoms with Gasteiger partial charge in [-0.15, -0.1) is 0 Å². The number of hydrogen-bond donors (Lipinski definition) is 3. The smallest absolute Gasteiger partial charge is 0.354 e. The first-order chi connectivity index (χ1) is 4.09. The van der Waals surface area contributed by atoms with E-state index in [4.69, 9.17) is 10.3 Å². The van der Waals surface area contributed by atoms with E-state index in [-0.39, 0.29) is 0 Å². The molecule has 7 heteroatoms. The lowest BCUT2D eigenvalue weighted by Crippen LogP contribution is -2.28. The molecule has 3 N–H and O–H groups in total. The first-order valence-electron chi connectivity index (χ1n) is 1.85. The Balaban J connectivity index is 4.04. The third-order valence-corrected chi connectivity index (χ3v) is 1.18. The van der Waals surface area contributed by atoms with E-state index < -0.39 is 19.4 Å². The number of hydroxylamine groups is 1. The molecule has 0 rings (SSSR count). The van der Waals surface area contributed by atoms with Crippen LogP contribution in [0.2, 0.25) is 0 Å². The van der Waals surface area contributed by atoms with Crippen molar-refractivity contribution < 1.29 is 24.2 Å². The molecule has 0 spiro atoms. The van der Waals surface area contributed by atoms with E-state index in [2.05, 4.69) is 0 Å². The van der Waals surface area contributed by atoms with Gasteiger partial charge in [0.25, 0.3) is 5.91 Å². The van der Waals surface area contributed by atoms with Gasteiger partial charge in [0.05, 0.1) is 0 Å². The highest BCUT2D eigenvalue weighted by molar-refractivity contribution is 7.32. The van der Waals surface area contributed by atoms with Crippen LogP contribution in [0.4, 0.5) is 0 Å². The number of aliphatic hydroxyl groups is 1. The lowest BCUT2D eigenvalue weighted by atomic mass is 10.7. The average molecular weight is 153 g/mol. The van der Waals surface area contributed by atoms with Gasteiger partial charge in [0.2, 0.25) is 5.85 Å². The second-order valence-electron chi connectivity index (χ2n) is 1.14. The van der Waals surface area contributed by atoms with E-state index >= 15 is 0 Å². The molecule has 0 saturated heterocycles. The van der Waals surface area contributed by atoms with Crippen LogP contribution < -0.4 is 5.48 Å². The predicted molar refractivity (Wildman–Crippen MR) is 24.2 cm³/mol. The fraction of sp³-hybridized carbons (Fsp3) is 0.500. The molecule has 1 unspecified atom stereocenters. The number of rotatable bonds is 2. The highest BCUT2D eigenvalue weighted by Crippen LogP contribution is 2.09. The van der Waals surface area contributed by atoms with Crippen molar-refractivity contribution in [1.29, 1.82) is 0 Å². The zero-order valence-electron chi connectivity index (χ0n) is 4.14. The van der Waals surface area contributed by atoms with Crippen LogP contribution in [0.15, 0.2) is 0 Å². The molecule has 0 aromatic heterocycles. The minimum absolute atomic E-state index is 0.973. The van der Waals surface area contributed by atoms with Crippen LogP contribution in [0.3, 0.4) is 0 Å². The van der Waals surface area contributed by atoms with Crippen LogP contribution in [0.1, 0.15) is 0 Å². The zero-order valence-corrected chi connectivity index (χ0v) is 5.04. The predicted octanol–water partition coefficient (Wildman–Crippen LogP) is -1.02. The fourth-order valence-electron chi connectivity index (χ4n) is 0.153. The summed E-state index contributed by atoms with van der Waals surface area (Å²) < 4.78 is 19.4. The van der Waals surface area contributed by atoms with Crippen LogP contribution in [0.25, 0.3) is 0 Å². The molecule has 0 aliphatic carbocycles. The molecular formula is C2H4NO5P. The molecule has 1 atom stereocenters. The number of nitrogens with one attached hydrogen (secondary N) is 1. The van der Waals surface area contributed by atoms with Gasteiger partial charge in [0.1, 0.15) is 0 Å². The first-order valence-corrected chi connectivity index (χ1v) is 3.09. The summed E-state index contributed by atoms with van der Waals surface area (Å²) in [6.45, 7) is 0. The Morgan fingerprint density at radius 3 is 2.11 bits per heavy atom. The SMILES string of the molecule is O=C(NO)C(O)P(=O)=O. The summed E-state index contributed by atoms with van der Waals surface area (Å²) in [6, 6.07) is 0. The summed E-state index contributed by atoms with van der Waals surface area (Å²) in [7, 11) is -3.22. The number of aliphatic hydroxyl groups excluding tert-OH is 1. The van der Waals surface area contributed by atoms with Crippen LogP contribution in [-0.4, -0.2) is 22.1 Å².